The van der Waals surface area contributed by atoms with E-state index in [4.69, 9.17) is 12.2 Å². The van der Waals surface area contributed by atoms with Crippen molar-refractivity contribution in [2.75, 3.05) is 16.8 Å². The Kier molecular flexibility index (Phi) is 4.65. The predicted octanol–water partition coefficient (Wildman–Crippen LogP) is 3.37. The number of nitrogens with one attached hydrogen (secondary N) is 2. The maximum Gasteiger partial charge on any atom is 0.191 e. The van der Waals surface area contributed by atoms with Gasteiger partial charge in [0.15, 0.2) is 5.11 Å². The van der Waals surface area contributed by atoms with Crippen molar-refractivity contribution in [2.24, 2.45) is 5.10 Å². The minimum Gasteiger partial charge on any atom is -0.331 e. The molecule has 112 valence electrons. The summed E-state index contributed by atoms with van der Waals surface area (Å²) in [4.78, 5) is 2.15. The van der Waals surface area contributed by atoms with Crippen molar-refractivity contribution in [3.63, 3.8) is 0 Å². The standard InChI is InChI=1S/C17H18N4S/c22-17(19-15-9-2-1-3-10-15)20-18-13-21-12-6-8-14-7-4-5-11-16(14)21/h1-5,7,9-11,13H,6,8,12H2,(H2,19,20,22)/b18-13+. The number of hydrogen-bond acceptors (Lipinski definition) is 2. The molecule has 2 aromatic rings. The average Bonchev–Trinajstić information content (AvgIpc) is 2.56. The first-order valence-electron chi connectivity index (χ1n) is 7.33. The van der Waals surface area contributed by atoms with Gasteiger partial charge in [0, 0.05) is 17.9 Å². The summed E-state index contributed by atoms with van der Waals surface area (Å²) in [6.45, 7) is 0.973. The Balaban J connectivity index is 1.58. The lowest BCUT2D eigenvalue weighted by molar-refractivity contribution is 0.780. The molecule has 0 amide bonds. The third kappa shape index (κ3) is 3.62. The van der Waals surface area contributed by atoms with Crippen molar-refractivity contribution in [2.45, 2.75) is 12.8 Å². The molecule has 0 atom stereocenters. The fourth-order valence-electron chi connectivity index (χ4n) is 2.52. The molecule has 1 aliphatic rings. The van der Waals surface area contributed by atoms with Gasteiger partial charge in [0.25, 0.3) is 0 Å². The summed E-state index contributed by atoms with van der Waals surface area (Å²) in [5.74, 6) is 0. The molecule has 0 fully saturated rings. The van der Waals surface area contributed by atoms with Crippen molar-refractivity contribution in [1.29, 1.82) is 0 Å². The third-order valence-electron chi connectivity index (χ3n) is 3.54. The van der Waals surface area contributed by atoms with E-state index in [1.165, 1.54) is 11.3 Å². The Morgan fingerprint density at radius 3 is 2.73 bits per heavy atom. The molecule has 0 saturated heterocycles. The van der Waals surface area contributed by atoms with Gasteiger partial charge < -0.3 is 10.2 Å². The summed E-state index contributed by atoms with van der Waals surface area (Å²) in [7, 11) is 0. The van der Waals surface area contributed by atoms with Crippen LogP contribution in [0.3, 0.4) is 0 Å². The first-order chi connectivity index (χ1) is 10.8. The van der Waals surface area contributed by atoms with Crippen molar-refractivity contribution >= 4 is 35.0 Å². The molecule has 5 heteroatoms. The minimum absolute atomic E-state index is 0.479. The highest BCUT2D eigenvalue weighted by Crippen LogP contribution is 2.25. The number of aryl methyl sites for hydroxylation is 1. The minimum atomic E-state index is 0.479. The number of nitrogens with zero attached hydrogens (tertiary/aromatic N) is 2. The summed E-state index contributed by atoms with van der Waals surface area (Å²) in [5.41, 5.74) is 6.39. The van der Waals surface area contributed by atoms with Gasteiger partial charge in [0.1, 0.15) is 6.34 Å². The summed E-state index contributed by atoms with van der Waals surface area (Å²) < 4.78 is 0. The molecular weight excluding hydrogens is 292 g/mol. The molecule has 0 radical (unpaired) electrons. The van der Waals surface area contributed by atoms with Gasteiger partial charge in [-0.25, -0.2) is 0 Å². The molecule has 0 aliphatic carbocycles. The van der Waals surface area contributed by atoms with Crippen molar-refractivity contribution < 1.29 is 0 Å². The van der Waals surface area contributed by atoms with Crippen molar-refractivity contribution in [3.8, 4) is 0 Å². The molecule has 22 heavy (non-hydrogen) atoms. The van der Waals surface area contributed by atoms with Crippen LogP contribution in [0, 0.1) is 0 Å². The van der Waals surface area contributed by atoms with Crippen LogP contribution >= 0.6 is 12.2 Å². The van der Waals surface area contributed by atoms with E-state index in [1.807, 2.05) is 30.3 Å². The predicted molar refractivity (Wildman–Crippen MR) is 96.4 cm³/mol. The zero-order valence-corrected chi connectivity index (χ0v) is 13.0. The highest BCUT2D eigenvalue weighted by atomic mass is 32.1. The number of rotatable bonds is 3. The number of benzene rings is 2. The van der Waals surface area contributed by atoms with E-state index < -0.39 is 0 Å². The van der Waals surface area contributed by atoms with Crippen molar-refractivity contribution in [3.05, 3.63) is 60.2 Å². The molecule has 0 unspecified atom stereocenters. The summed E-state index contributed by atoms with van der Waals surface area (Å²) in [5, 5.41) is 7.80. The SMILES string of the molecule is S=C(N/N=C/N1CCCc2ccccc21)Nc1ccccc1. The lowest BCUT2D eigenvalue weighted by Gasteiger charge is -2.27. The largest absolute Gasteiger partial charge is 0.331 e. The number of hydrogen-bond donors (Lipinski definition) is 2. The number of hydrazone groups is 1. The lowest BCUT2D eigenvalue weighted by atomic mass is 10.0. The third-order valence-corrected chi connectivity index (χ3v) is 3.73. The zero-order valence-electron chi connectivity index (χ0n) is 12.2. The van der Waals surface area contributed by atoms with E-state index >= 15 is 0 Å². The molecule has 3 rings (SSSR count). The van der Waals surface area contributed by atoms with Crippen LogP contribution in [0.25, 0.3) is 0 Å². The smallest absolute Gasteiger partial charge is 0.191 e. The molecular formula is C17H18N4S. The highest BCUT2D eigenvalue weighted by molar-refractivity contribution is 7.80. The van der Waals surface area contributed by atoms with Gasteiger partial charge in [-0.15, -0.1) is 0 Å². The van der Waals surface area contributed by atoms with Gasteiger partial charge in [0.2, 0.25) is 0 Å². The average molecular weight is 310 g/mol. The van der Waals surface area contributed by atoms with Crippen LogP contribution in [0.4, 0.5) is 11.4 Å². The number of para-hydroxylation sites is 2. The molecule has 0 aromatic heterocycles. The Morgan fingerprint density at radius 1 is 1.09 bits per heavy atom. The van der Waals surface area contributed by atoms with Gasteiger partial charge in [-0.3, -0.25) is 5.43 Å². The van der Waals surface area contributed by atoms with Gasteiger partial charge >= 0.3 is 0 Å². The van der Waals surface area contributed by atoms with Crippen LogP contribution in [-0.2, 0) is 6.42 Å². The number of fused-ring (bicyclic) bond motifs is 1. The Bertz CT molecular complexity index is 669. The van der Waals surface area contributed by atoms with Gasteiger partial charge in [-0.1, -0.05) is 36.4 Å². The number of anilines is 2. The first-order valence-corrected chi connectivity index (χ1v) is 7.73. The van der Waals surface area contributed by atoms with Crippen LogP contribution in [0.1, 0.15) is 12.0 Å². The molecule has 4 nitrogen and oxygen atoms in total. The normalized spacial score (nSPS) is 13.7. The van der Waals surface area contributed by atoms with E-state index in [2.05, 4.69) is 45.0 Å². The van der Waals surface area contributed by atoms with Crippen LogP contribution < -0.4 is 15.6 Å². The maximum absolute atomic E-state index is 5.23. The molecule has 0 bridgehead atoms. The van der Waals surface area contributed by atoms with Gasteiger partial charge in [-0.05, 0) is 48.8 Å². The fraction of sp³-hybridized carbons (Fsp3) is 0.176. The molecule has 1 aliphatic heterocycles. The molecule has 1 heterocycles. The second kappa shape index (κ2) is 7.04. The Morgan fingerprint density at radius 2 is 1.86 bits per heavy atom. The maximum atomic E-state index is 5.23. The Labute approximate surface area is 135 Å². The molecule has 0 saturated carbocycles. The van der Waals surface area contributed by atoms with Gasteiger partial charge in [-0.2, -0.15) is 5.10 Å². The van der Waals surface area contributed by atoms with Crippen LogP contribution in [-0.4, -0.2) is 18.0 Å². The second-order valence-electron chi connectivity index (χ2n) is 5.10. The zero-order chi connectivity index (χ0) is 15.2. The Hall–Kier alpha value is -2.40. The van der Waals surface area contributed by atoms with Crippen LogP contribution in [0.5, 0.6) is 0 Å². The molecule has 2 aromatic carbocycles. The summed E-state index contributed by atoms with van der Waals surface area (Å²) in [6.07, 6.45) is 4.06. The van der Waals surface area contributed by atoms with Crippen LogP contribution in [0.15, 0.2) is 59.7 Å². The second-order valence-corrected chi connectivity index (χ2v) is 5.51. The lowest BCUT2D eigenvalue weighted by Crippen LogP contribution is -2.30. The van der Waals surface area contributed by atoms with E-state index in [-0.39, 0.29) is 0 Å². The molecule has 0 spiro atoms. The van der Waals surface area contributed by atoms with Gasteiger partial charge in [0.05, 0.1) is 0 Å². The fourth-order valence-corrected chi connectivity index (χ4v) is 2.69. The topological polar surface area (TPSA) is 39.7 Å². The monoisotopic (exact) mass is 310 g/mol. The van der Waals surface area contributed by atoms with E-state index in [0.29, 0.717) is 5.11 Å². The number of thiocarbonyl (C=S) groups is 1. The van der Waals surface area contributed by atoms with Crippen molar-refractivity contribution in [1.82, 2.24) is 5.43 Å². The van der Waals surface area contributed by atoms with Crippen LogP contribution in [0.2, 0.25) is 0 Å². The highest BCUT2D eigenvalue weighted by Gasteiger charge is 2.14. The van der Waals surface area contributed by atoms with E-state index in [1.54, 1.807) is 6.34 Å². The summed E-state index contributed by atoms with van der Waals surface area (Å²) in [6, 6.07) is 18.2. The van der Waals surface area contributed by atoms with E-state index in [0.717, 1.165) is 25.1 Å². The summed E-state index contributed by atoms with van der Waals surface area (Å²) >= 11 is 5.23. The first kappa shape index (κ1) is 14.5. The van der Waals surface area contributed by atoms with E-state index in [9.17, 15) is 0 Å². The molecule has 2 N–H and O–H groups in total. The quantitative estimate of drug-likeness (QED) is 0.395.